The van der Waals surface area contributed by atoms with Crippen LogP contribution in [0.2, 0.25) is 0 Å². The van der Waals surface area contributed by atoms with Gasteiger partial charge in [0, 0.05) is 10.4 Å². The van der Waals surface area contributed by atoms with E-state index in [1.807, 2.05) is 6.07 Å². The molecule has 2 unspecified atom stereocenters. The zero-order valence-electron chi connectivity index (χ0n) is 9.56. The standard InChI is InChI=1S/C14H15BrClF/c15-12-1-9(2-13(17)4-12)5-14(8-16)6-10-3-11(10)7-14/h1-2,4,10-11H,3,5-8H2. The first-order valence-corrected chi connectivity index (χ1v) is 7.44. The van der Waals surface area contributed by atoms with Gasteiger partial charge in [0.2, 0.25) is 0 Å². The van der Waals surface area contributed by atoms with Crippen LogP contribution in [0, 0.1) is 23.1 Å². The molecule has 17 heavy (non-hydrogen) atoms. The van der Waals surface area contributed by atoms with Gasteiger partial charge in [0.15, 0.2) is 0 Å². The lowest BCUT2D eigenvalue weighted by Crippen LogP contribution is -2.24. The van der Waals surface area contributed by atoms with Crippen molar-refractivity contribution in [3.63, 3.8) is 0 Å². The lowest BCUT2D eigenvalue weighted by Gasteiger charge is -2.28. The Morgan fingerprint density at radius 2 is 2.00 bits per heavy atom. The Bertz CT molecular complexity index is 416. The van der Waals surface area contributed by atoms with E-state index in [0.717, 1.165) is 28.3 Å². The number of hydrogen-bond acceptors (Lipinski definition) is 0. The molecule has 2 atom stereocenters. The molecule has 1 aromatic carbocycles. The van der Waals surface area contributed by atoms with Crippen LogP contribution in [0.4, 0.5) is 4.39 Å². The normalized spacial score (nSPS) is 34.8. The monoisotopic (exact) mass is 316 g/mol. The summed E-state index contributed by atoms with van der Waals surface area (Å²) in [6.45, 7) is 0. The maximum Gasteiger partial charge on any atom is 0.124 e. The predicted octanol–water partition coefficient (Wildman–Crippen LogP) is 4.79. The number of alkyl halides is 1. The van der Waals surface area contributed by atoms with E-state index in [9.17, 15) is 4.39 Å². The first-order valence-electron chi connectivity index (χ1n) is 6.11. The molecule has 0 aromatic heterocycles. The van der Waals surface area contributed by atoms with Crippen molar-refractivity contribution in [2.24, 2.45) is 17.3 Å². The van der Waals surface area contributed by atoms with Gasteiger partial charge >= 0.3 is 0 Å². The topological polar surface area (TPSA) is 0 Å². The predicted molar refractivity (Wildman–Crippen MR) is 71.8 cm³/mol. The second-order valence-electron chi connectivity index (χ2n) is 5.75. The molecular weight excluding hydrogens is 303 g/mol. The third-order valence-electron chi connectivity index (χ3n) is 4.24. The molecule has 3 rings (SSSR count). The zero-order valence-corrected chi connectivity index (χ0v) is 11.9. The number of rotatable bonds is 3. The van der Waals surface area contributed by atoms with E-state index >= 15 is 0 Å². The van der Waals surface area contributed by atoms with Crippen LogP contribution in [0.1, 0.15) is 24.8 Å². The molecule has 0 nitrogen and oxygen atoms in total. The molecule has 2 saturated carbocycles. The molecule has 0 spiro atoms. The van der Waals surface area contributed by atoms with Gasteiger partial charge in [0.25, 0.3) is 0 Å². The molecule has 0 amide bonds. The Labute approximate surface area is 115 Å². The van der Waals surface area contributed by atoms with Crippen LogP contribution in [0.15, 0.2) is 22.7 Å². The van der Waals surface area contributed by atoms with Gasteiger partial charge in [0.1, 0.15) is 5.82 Å². The van der Waals surface area contributed by atoms with Gasteiger partial charge in [-0.2, -0.15) is 0 Å². The Morgan fingerprint density at radius 1 is 1.29 bits per heavy atom. The highest BCUT2D eigenvalue weighted by Gasteiger charge is 2.53. The first kappa shape index (κ1) is 12.0. The molecule has 92 valence electrons. The van der Waals surface area contributed by atoms with Crippen molar-refractivity contribution in [1.82, 2.24) is 0 Å². The smallest absolute Gasteiger partial charge is 0.124 e. The molecule has 0 N–H and O–H groups in total. The van der Waals surface area contributed by atoms with Crippen molar-refractivity contribution in [2.75, 3.05) is 5.88 Å². The molecule has 3 heteroatoms. The lowest BCUT2D eigenvalue weighted by atomic mass is 9.79. The van der Waals surface area contributed by atoms with Gasteiger partial charge in [-0.05, 0) is 66.7 Å². The highest BCUT2D eigenvalue weighted by atomic mass is 79.9. The lowest BCUT2D eigenvalue weighted by molar-refractivity contribution is 0.303. The second-order valence-corrected chi connectivity index (χ2v) is 6.94. The summed E-state index contributed by atoms with van der Waals surface area (Å²) in [5.74, 6) is 2.35. The first-order chi connectivity index (χ1) is 8.10. The van der Waals surface area contributed by atoms with E-state index in [2.05, 4.69) is 15.9 Å². The summed E-state index contributed by atoms with van der Waals surface area (Å²) in [4.78, 5) is 0. The van der Waals surface area contributed by atoms with Gasteiger partial charge < -0.3 is 0 Å². The minimum atomic E-state index is -0.165. The van der Waals surface area contributed by atoms with E-state index in [-0.39, 0.29) is 11.2 Å². The molecular formula is C14H15BrClF. The summed E-state index contributed by atoms with van der Waals surface area (Å²) in [6, 6.07) is 5.16. The van der Waals surface area contributed by atoms with E-state index in [4.69, 9.17) is 11.6 Å². The quantitative estimate of drug-likeness (QED) is 0.703. The third kappa shape index (κ3) is 2.39. The van der Waals surface area contributed by atoms with E-state index < -0.39 is 0 Å². The van der Waals surface area contributed by atoms with Gasteiger partial charge in [0.05, 0.1) is 0 Å². The van der Waals surface area contributed by atoms with Crippen LogP contribution >= 0.6 is 27.5 Å². The fourth-order valence-corrected chi connectivity index (χ4v) is 4.28. The van der Waals surface area contributed by atoms with Gasteiger partial charge in [-0.1, -0.05) is 15.9 Å². The summed E-state index contributed by atoms with van der Waals surface area (Å²) >= 11 is 9.52. The molecule has 1 aromatic rings. The van der Waals surface area contributed by atoms with Crippen molar-refractivity contribution in [3.8, 4) is 0 Å². The molecule has 2 fully saturated rings. The zero-order chi connectivity index (χ0) is 12.0. The fourth-order valence-electron chi connectivity index (χ4n) is 3.45. The number of benzene rings is 1. The van der Waals surface area contributed by atoms with E-state index in [1.165, 1.54) is 25.3 Å². The third-order valence-corrected chi connectivity index (χ3v) is 5.27. The van der Waals surface area contributed by atoms with Crippen LogP contribution in [0.3, 0.4) is 0 Å². The van der Waals surface area contributed by atoms with E-state index in [1.54, 1.807) is 6.07 Å². The Hall–Kier alpha value is -0.0800. The summed E-state index contributed by atoms with van der Waals surface area (Å²) in [5, 5.41) is 0. The van der Waals surface area contributed by atoms with Crippen LogP contribution in [0.5, 0.6) is 0 Å². The molecule has 0 saturated heterocycles. The number of fused-ring (bicyclic) bond motifs is 1. The van der Waals surface area contributed by atoms with Gasteiger partial charge in [-0.3, -0.25) is 0 Å². The van der Waals surface area contributed by atoms with Crippen LogP contribution in [-0.2, 0) is 6.42 Å². The highest BCUT2D eigenvalue weighted by molar-refractivity contribution is 9.10. The average molecular weight is 318 g/mol. The van der Waals surface area contributed by atoms with Crippen molar-refractivity contribution in [1.29, 1.82) is 0 Å². The number of halogens is 3. The average Bonchev–Trinajstić information content (AvgIpc) is 2.85. The van der Waals surface area contributed by atoms with Gasteiger partial charge in [-0.25, -0.2) is 4.39 Å². The highest BCUT2D eigenvalue weighted by Crippen LogP contribution is 2.61. The summed E-state index contributed by atoms with van der Waals surface area (Å²) in [7, 11) is 0. The maximum absolute atomic E-state index is 13.4. The molecule has 0 aliphatic heterocycles. The molecule has 0 heterocycles. The van der Waals surface area contributed by atoms with Crippen LogP contribution in [-0.4, -0.2) is 5.88 Å². The van der Waals surface area contributed by atoms with Crippen molar-refractivity contribution >= 4 is 27.5 Å². The van der Waals surface area contributed by atoms with E-state index in [0.29, 0.717) is 5.88 Å². The fraction of sp³-hybridized carbons (Fsp3) is 0.571. The molecule has 0 bridgehead atoms. The summed E-state index contributed by atoms with van der Waals surface area (Å²) in [6.07, 6.45) is 4.77. The van der Waals surface area contributed by atoms with Gasteiger partial charge in [-0.15, -0.1) is 11.6 Å². The molecule has 0 radical (unpaired) electrons. The van der Waals surface area contributed by atoms with Crippen molar-refractivity contribution < 1.29 is 4.39 Å². The number of hydrogen-bond donors (Lipinski definition) is 0. The SMILES string of the molecule is Fc1cc(Br)cc(CC2(CCl)CC3CC3C2)c1. The van der Waals surface area contributed by atoms with Crippen LogP contribution in [0.25, 0.3) is 0 Å². The van der Waals surface area contributed by atoms with Crippen LogP contribution < -0.4 is 0 Å². The van der Waals surface area contributed by atoms with Crippen molar-refractivity contribution in [3.05, 3.63) is 34.1 Å². The maximum atomic E-state index is 13.4. The minimum Gasteiger partial charge on any atom is -0.207 e. The Kier molecular flexibility index (Phi) is 2.99. The summed E-state index contributed by atoms with van der Waals surface area (Å²) in [5.41, 5.74) is 1.29. The Balaban J connectivity index is 1.80. The Morgan fingerprint density at radius 3 is 2.59 bits per heavy atom. The molecule has 2 aliphatic rings. The minimum absolute atomic E-state index is 0.165. The van der Waals surface area contributed by atoms with Crippen molar-refractivity contribution in [2.45, 2.75) is 25.7 Å². The second kappa shape index (κ2) is 4.24. The molecule has 2 aliphatic carbocycles. The largest absolute Gasteiger partial charge is 0.207 e. The summed E-state index contributed by atoms with van der Waals surface area (Å²) < 4.78 is 14.2.